The number of benzene rings is 3. The third-order valence-corrected chi connectivity index (χ3v) is 5.33. The summed E-state index contributed by atoms with van der Waals surface area (Å²) in [5.74, 6) is 0. The number of hydrogen-bond donors (Lipinski definition) is 0. The highest BCUT2D eigenvalue weighted by Gasteiger charge is 2.18. The third kappa shape index (κ3) is 2.54. The monoisotopic (exact) mass is 389 g/mol. The maximum Gasteiger partial charge on any atom is 0.345 e. The van der Waals surface area contributed by atoms with Crippen molar-refractivity contribution in [3.05, 3.63) is 101 Å². The van der Waals surface area contributed by atoms with Crippen molar-refractivity contribution >= 4 is 33.0 Å². The van der Waals surface area contributed by atoms with E-state index in [2.05, 4.69) is 0 Å². The van der Waals surface area contributed by atoms with Gasteiger partial charge in [0.15, 0.2) is 5.58 Å². The van der Waals surface area contributed by atoms with Crippen LogP contribution >= 0.6 is 0 Å². The van der Waals surface area contributed by atoms with Gasteiger partial charge in [-0.15, -0.1) is 0 Å². The molecule has 6 aromatic rings. The van der Waals surface area contributed by atoms with Gasteiger partial charge in [0, 0.05) is 16.3 Å². The van der Waals surface area contributed by atoms with Crippen LogP contribution in [0.4, 0.5) is 0 Å². The Bertz CT molecular complexity index is 1610. The van der Waals surface area contributed by atoms with Crippen LogP contribution in [0.2, 0.25) is 0 Å². The number of para-hydroxylation sites is 2. The fourth-order valence-electron chi connectivity index (χ4n) is 3.89. The first-order valence-corrected chi connectivity index (χ1v) is 9.69. The molecule has 142 valence electrons. The summed E-state index contributed by atoms with van der Waals surface area (Å²) in [6, 6.07) is 29.0. The predicted molar refractivity (Wildman–Crippen MR) is 118 cm³/mol. The van der Waals surface area contributed by atoms with Gasteiger partial charge in [0.25, 0.3) is 0 Å². The van der Waals surface area contributed by atoms with Gasteiger partial charge >= 0.3 is 5.63 Å². The predicted octanol–water partition coefficient (Wildman–Crippen LogP) is 6.42. The van der Waals surface area contributed by atoms with E-state index in [1.807, 2.05) is 84.9 Å². The molecule has 30 heavy (non-hydrogen) atoms. The number of nitrogens with zero attached hydrogens (tertiary/aromatic N) is 1. The minimum absolute atomic E-state index is 0.410. The van der Waals surface area contributed by atoms with E-state index in [1.54, 1.807) is 6.07 Å². The Morgan fingerprint density at radius 3 is 2.27 bits per heavy atom. The van der Waals surface area contributed by atoms with Crippen molar-refractivity contribution in [3.63, 3.8) is 0 Å². The minimum atomic E-state index is -0.410. The lowest BCUT2D eigenvalue weighted by Crippen LogP contribution is -2.04. The molecule has 4 heteroatoms. The molecule has 0 radical (unpaired) electrons. The molecule has 0 aliphatic carbocycles. The molecule has 0 spiro atoms. The first-order chi connectivity index (χ1) is 14.8. The molecule has 0 aliphatic rings. The maximum atomic E-state index is 12.8. The first-order valence-electron chi connectivity index (χ1n) is 9.69. The van der Waals surface area contributed by atoms with Gasteiger partial charge in [0.1, 0.15) is 16.7 Å². The summed E-state index contributed by atoms with van der Waals surface area (Å²) >= 11 is 0. The molecule has 0 saturated heterocycles. The number of rotatable bonds is 2. The summed E-state index contributed by atoms with van der Waals surface area (Å²) in [5, 5.41) is 1.77. The van der Waals surface area contributed by atoms with Crippen LogP contribution in [0, 0.1) is 0 Å². The van der Waals surface area contributed by atoms with Crippen LogP contribution in [-0.4, -0.2) is 4.98 Å². The lowest BCUT2D eigenvalue weighted by Gasteiger charge is -2.07. The second-order valence-corrected chi connectivity index (χ2v) is 7.18. The summed E-state index contributed by atoms with van der Waals surface area (Å²) in [7, 11) is 0. The van der Waals surface area contributed by atoms with Crippen molar-refractivity contribution < 1.29 is 8.83 Å². The molecule has 0 N–H and O–H groups in total. The highest BCUT2D eigenvalue weighted by atomic mass is 16.4. The van der Waals surface area contributed by atoms with Crippen molar-refractivity contribution in [2.24, 2.45) is 0 Å². The smallest absolute Gasteiger partial charge is 0.345 e. The van der Waals surface area contributed by atoms with Crippen molar-refractivity contribution in [2.45, 2.75) is 0 Å². The fourth-order valence-corrected chi connectivity index (χ4v) is 3.89. The number of aromatic nitrogens is 1. The van der Waals surface area contributed by atoms with E-state index in [-0.39, 0.29) is 0 Å². The highest BCUT2D eigenvalue weighted by Crippen LogP contribution is 2.37. The standard InChI is InChI=1S/C26H15NO3/c28-26-20(14-17-10-4-6-12-22(17)30-26)21-15-19(16-8-2-1-3-9-16)25-24(27-21)18-11-5-7-13-23(18)29-25/h1-15H. The zero-order chi connectivity index (χ0) is 20.1. The molecule has 4 nitrogen and oxygen atoms in total. The molecule has 0 bridgehead atoms. The summed E-state index contributed by atoms with van der Waals surface area (Å²) in [6.45, 7) is 0. The van der Waals surface area contributed by atoms with Gasteiger partial charge in [-0.2, -0.15) is 0 Å². The number of hydrogen-bond acceptors (Lipinski definition) is 4. The molecule has 6 rings (SSSR count). The largest absolute Gasteiger partial charge is 0.454 e. The lowest BCUT2D eigenvalue weighted by molar-refractivity contribution is 0.563. The maximum absolute atomic E-state index is 12.8. The van der Waals surface area contributed by atoms with Gasteiger partial charge in [0.2, 0.25) is 0 Å². The topological polar surface area (TPSA) is 56.2 Å². The van der Waals surface area contributed by atoms with Gasteiger partial charge in [-0.25, -0.2) is 9.78 Å². The van der Waals surface area contributed by atoms with Crippen LogP contribution in [0.25, 0.3) is 55.4 Å². The Labute approximate surface area is 171 Å². The molecule has 0 fully saturated rings. The van der Waals surface area contributed by atoms with Crippen molar-refractivity contribution in [2.75, 3.05) is 0 Å². The minimum Gasteiger partial charge on any atom is -0.454 e. The molecular formula is C26H15NO3. The van der Waals surface area contributed by atoms with Crippen LogP contribution in [0.3, 0.4) is 0 Å². The normalized spacial score (nSPS) is 11.5. The van der Waals surface area contributed by atoms with E-state index in [4.69, 9.17) is 13.8 Å². The number of furan rings is 1. The lowest BCUT2D eigenvalue weighted by atomic mass is 10.0. The number of fused-ring (bicyclic) bond motifs is 4. The van der Waals surface area contributed by atoms with Gasteiger partial charge in [0.05, 0.1) is 11.3 Å². The molecule has 0 aliphatic heterocycles. The van der Waals surface area contributed by atoms with Crippen LogP contribution in [0.1, 0.15) is 0 Å². The summed E-state index contributed by atoms with van der Waals surface area (Å²) in [6.07, 6.45) is 0. The van der Waals surface area contributed by atoms with E-state index in [0.29, 0.717) is 22.4 Å². The van der Waals surface area contributed by atoms with E-state index in [0.717, 1.165) is 33.0 Å². The highest BCUT2D eigenvalue weighted by molar-refractivity contribution is 6.08. The Morgan fingerprint density at radius 1 is 0.667 bits per heavy atom. The van der Waals surface area contributed by atoms with Crippen LogP contribution < -0.4 is 5.63 Å². The quantitative estimate of drug-likeness (QED) is 0.321. The summed E-state index contributed by atoms with van der Waals surface area (Å²) in [4.78, 5) is 17.6. The Hall–Kier alpha value is -4.18. The molecule has 3 aromatic heterocycles. The summed E-state index contributed by atoms with van der Waals surface area (Å²) < 4.78 is 11.7. The molecule has 0 atom stereocenters. The molecule has 3 heterocycles. The van der Waals surface area contributed by atoms with Gasteiger partial charge in [-0.3, -0.25) is 0 Å². The zero-order valence-corrected chi connectivity index (χ0v) is 15.8. The molecular weight excluding hydrogens is 374 g/mol. The van der Waals surface area contributed by atoms with Crippen LogP contribution in [0.5, 0.6) is 0 Å². The summed E-state index contributed by atoms with van der Waals surface area (Å²) in [5.41, 5.74) is 5.22. The van der Waals surface area contributed by atoms with Gasteiger partial charge in [-0.05, 0) is 35.9 Å². The Morgan fingerprint density at radius 2 is 1.40 bits per heavy atom. The average molecular weight is 389 g/mol. The fraction of sp³-hybridized carbons (Fsp3) is 0. The molecule has 0 amide bonds. The molecule has 3 aromatic carbocycles. The van der Waals surface area contributed by atoms with E-state index >= 15 is 0 Å². The molecule has 0 unspecified atom stereocenters. The Balaban J connectivity index is 1.72. The van der Waals surface area contributed by atoms with E-state index < -0.39 is 5.63 Å². The van der Waals surface area contributed by atoms with Gasteiger partial charge < -0.3 is 8.83 Å². The van der Waals surface area contributed by atoms with Crippen LogP contribution in [-0.2, 0) is 0 Å². The van der Waals surface area contributed by atoms with Crippen LogP contribution in [0.15, 0.2) is 105 Å². The zero-order valence-electron chi connectivity index (χ0n) is 15.8. The average Bonchev–Trinajstić information content (AvgIpc) is 3.17. The molecule has 0 saturated carbocycles. The van der Waals surface area contributed by atoms with E-state index in [9.17, 15) is 4.79 Å². The second kappa shape index (κ2) is 6.42. The third-order valence-electron chi connectivity index (χ3n) is 5.33. The van der Waals surface area contributed by atoms with Crippen molar-refractivity contribution in [3.8, 4) is 22.4 Å². The first kappa shape index (κ1) is 16.7. The Kier molecular flexibility index (Phi) is 3.59. The van der Waals surface area contributed by atoms with Gasteiger partial charge in [-0.1, -0.05) is 60.7 Å². The van der Waals surface area contributed by atoms with Crippen molar-refractivity contribution in [1.29, 1.82) is 0 Å². The van der Waals surface area contributed by atoms with E-state index in [1.165, 1.54) is 0 Å². The second-order valence-electron chi connectivity index (χ2n) is 7.18. The SMILES string of the molecule is O=c1oc2ccccc2cc1-c1cc(-c2ccccc2)c2oc3ccccc3c2n1. The number of pyridine rings is 1. The van der Waals surface area contributed by atoms with Crippen molar-refractivity contribution in [1.82, 2.24) is 4.98 Å².